The number of hydrogen-bond acceptors (Lipinski definition) is 3. The van der Waals surface area contributed by atoms with Crippen LogP contribution in [0.1, 0.15) is 33.3 Å². The third-order valence-corrected chi connectivity index (χ3v) is 6.81. The van der Waals surface area contributed by atoms with E-state index in [0.29, 0.717) is 6.54 Å². The van der Waals surface area contributed by atoms with Gasteiger partial charge in [0.15, 0.2) is 0 Å². The summed E-state index contributed by atoms with van der Waals surface area (Å²) in [6, 6.07) is 28.3. The highest BCUT2D eigenvalue weighted by Crippen LogP contribution is 2.36. The minimum Gasteiger partial charge on any atom is -0.322 e. The first-order valence-electron chi connectivity index (χ1n) is 10.7. The molecular weight excluding hydrogens is 414 g/mol. The maximum atomic E-state index is 13.5. The van der Waals surface area contributed by atoms with Crippen molar-refractivity contribution in [2.45, 2.75) is 37.5 Å². The first-order chi connectivity index (χ1) is 15.5. The summed E-state index contributed by atoms with van der Waals surface area (Å²) >= 11 is 1.55. The summed E-state index contributed by atoms with van der Waals surface area (Å²) in [6.45, 7) is 6.74. The van der Waals surface area contributed by atoms with Gasteiger partial charge in [-0.25, -0.2) is 0 Å². The second-order valence-corrected chi connectivity index (χ2v) is 9.02. The van der Waals surface area contributed by atoms with E-state index >= 15 is 0 Å². The van der Waals surface area contributed by atoms with Gasteiger partial charge in [-0.05, 0) is 49.6 Å². The number of benzene rings is 3. The van der Waals surface area contributed by atoms with Crippen molar-refractivity contribution in [3.05, 3.63) is 113 Å². The molecular formula is C27H27N3OS. The molecule has 0 bridgehead atoms. The highest BCUT2D eigenvalue weighted by molar-refractivity contribution is 8.00. The molecule has 32 heavy (non-hydrogen) atoms. The Balaban J connectivity index is 1.59. The Morgan fingerprint density at radius 3 is 2.22 bits per heavy atom. The average Bonchev–Trinajstić information content (AvgIpc) is 3.07. The van der Waals surface area contributed by atoms with Crippen molar-refractivity contribution in [2.24, 2.45) is 0 Å². The van der Waals surface area contributed by atoms with Crippen LogP contribution < -0.4 is 5.32 Å². The highest BCUT2D eigenvalue weighted by atomic mass is 32.2. The smallest absolute Gasteiger partial charge is 0.242 e. The lowest BCUT2D eigenvalue weighted by Crippen LogP contribution is -2.20. The summed E-state index contributed by atoms with van der Waals surface area (Å²) in [5, 5.41) is 7.52. The third-order valence-electron chi connectivity index (χ3n) is 5.55. The Bertz CT molecular complexity index is 1200. The van der Waals surface area contributed by atoms with Crippen LogP contribution in [0.4, 0.5) is 5.69 Å². The molecule has 4 aromatic rings. The number of aromatic nitrogens is 2. The first kappa shape index (κ1) is 21.9. The SMILES string of the molecule is Cc1ccccc1Cn1nc(C)c(NC(=O)[C@H](Sc2ccccc2)c2ccccc2)c1C. The van der Waals surface area contributed by atoms with Crippen molar-refractivity contribution in [3.63, 3.8) is 0 Å². The van der Waals surface area contributed by atoms with Gasteiger partial charge in [-0.15, -0.1) is 11.8 Å². The number of carbonyl (C=O) groups excluding carboxylic acids is 1. The summed E-state index contributed by atoms with van der Waals surface area (Å²) < 4.78 is 1.97. The summed E-state index contributed by atoms with van der Waals surface area (Å²) in [6.07, 6.45) is 0. The minimum atomic E-state index is -0.364. The van der Waals surface area contributed by atoms with Gasteiger partial charge < -0.3 is 5.32 Å². The van der Waals surface area contributed by atoms with Gasteiger partial charge in [0.2, 0.25) is 5.91 Å². The maximum absolute atomic E-state index is 13.5. The van der Waals surface area contributed by atoms with Gasteiger partial charge in [0.25, 0.3) is 0 Å². The van der Waals surface area contributed by atoms with Gasteiger partial charge in [-0.1, -0.05) is 72.8 Å². The quantitative estimate of drug-likeness (QED) is 0.341. The molecule has 0 aliphatic carbocycles. The molecule has 3 aromatic carbocycles. The van der Waals surface area contributed by atoms with Gasteiger partial charge in [0.05, 0.1) is 23.6 Å². The fraction of sp³-hybridized carbons (Fsp3) is 0.185. The molecule has 5 heteroatoms. The molecule has 0 spiro atoms. The maximum Gasteiger partial charge on any atom is 0.242 e. The van der Waals surface area contributed by atoms with Gasteiger partial charge >= 0.3 is 0 Å². The summed E-state index contributed by atoms with van der Waals surface area (Å²) in [4.78, 5) is 14.5. The second-order valence-electron chi connectivity index (χ2n) is 7.84. The van der Waals surface area contributed by atoms with Crippen LogP contribution >= 0.6 is 11.8 Å². The Morgan fingerprint density at radius 2 is 1.53 bits per heavy atom. The molecule has 1 N–H and O–H groups in total. The number of hydrogen-bond donors (Lipinski definition) is 1. The van der Waals surface area contributed by atoms with E-state index in [1.807, 2.05) is 91.3 Å². The predicted octanol–water partition coefficient (Wildman–Crippen LogP) is 6.33. The van der Waals surface area contributed by atoms with Crippen molar-refractivity contribution < 1.29 is 4.79 Å². The van der Waals surface area contributed by atoms with Crippen molar-refractivity contribution in [2.75, 3.05) is 5.32 Å². The molecule has 1 aromatic heterocycles. The molecule has 1 heterocycles. The molecule has 0 aliphatic rings. The zero-order valence-corrected chi connectivity index (χ0v) is 19.4. The molecule has 0 unspecified atom stereocenters. The Kier molecular flexibility index (Phi) is 6.76. The predicted molar refractivity (Wildman–Crippen MR) is 132 cm³/mol. The van der Waals surface area contributed by atoms with E-state index < -0.39 is 0 Å². The van der Waals surface area contributed by atoms with E-state index in [9.17, 15) is 4.79 Å². The number of thioether (sulfide) groups is 1. The number of amides is 1. The molecule has 0 fully saturated rings. The third kappa shape index (κ3) is 4.94. The van der Waals surface area contributed by atoms with Gasteiger partial charge in [0.1, 0.15) is 5.25 Å². The van der Waals surface area contributed by atoms with E-state index in [1.54, 1.807) is 11.8 Å². The Morgan fingerprint density at radius 1 is 0.906 bits per heavy atom. The van der Waals surface area contributed by atoms with Crippen LogP contribution in [-0.4, -0.2) is 15.7 Å². The molecule has 0 saturated carbocycles. The van der Waals surface area contributed by atoms with E-state index in [1.165, 1.54) is 11.1 Å². The van der Waals surface area contributed by atoms with Crippen molar-refractivity contribution in [3.8, 4) is 0 Å². The summed E-state index contributed by atoms with van der Waals surface area (Å²) in [7, 11) is 0. The van der Waals surface area contributed by atoms with Crippen molar-refractivity contribution in [1.82, 2.24) is 9.78 Å². The van der Waals surface area contributed by atoms with Crippen LogP contribution in [0, 0.1) is 20.8 Å². The number of nitrogens with zero attached hydrogens (tertiary/aromatic N) is 2. The molecule has 4 rings (SSSR count). The Hall–Kier alpha value is -3.31. The molecule has 162 valence electrons. The summed E-state index contributed by atoms with van der Waals surface area (Å²) in [5.74, 6) is -0.0494. The number of nitrogens with one attached hydrogen (secondary N) is 1. The normalized spacial score (nSPS) is 11.8. The minimum absolute atomic E-state index is 0.0494. The zero-order chi connectivity index (χ0) is 22.5. The van der Waals surface area contributed by atoms with Gasteiger partial charge in [-0.3, -0.25) is 9.48 Å². The second kappa shape index (κ2) is 9.88. The van der Waals surface area contributed by atoms with Crippen molar-refractivity contribution >= 4 is 23.4 Å². The molecule has 1 atom stereocenters. The van der Waals surface area contributed by atoms with Crippen molar-refractivity contribution in [1.29, 1.82) is 0 Å². The van der Waals surface area contributed by atoms with Gasteiger partial charge in [0, 0.05) is 4.90 Å². The van der Waals surface area contributed by atoms with E-state index in [4.69, 9.17) is 5.10 Å². The standard InChI is InChI=1S/C27H27N3OS/c1-19-12-10-11-15-23(19)18-30-21(3)25(20(2)29-30)28-27(31)26(22-13-6-4-7-14-22)32-24-16-8-5-9-17-24/h4-17,26H,18H2,1-3H3,(H,28,31)/t26-/m1/s1. The fourth-order valence-corrected chi connectivity index (χ4v) is 4.75. The van der Waals surface area contributed by atoms with Gasteiger partial charge in [-0.2, -0.15) is 5.10 Å². The van der Waals surface area contributed by atoms with Crippen LogP contribution in [-0.2, 0) is 11.3 Å². The topological polar surface area (TPSA) is 46.9 Å². The average molecular weight is 442 g/mol. The van der Waals surface area contributed by atoms with Crippen LogP contribution in [0.5, 0.6) is 0 Å². The Labute approximate surface area is 193 Å². The van der Waals surface area contributed by atoms with E-state index in [-0.39, 0.29) is 11.2 Å². The monoisotopic (exact) mass is 441 g/mol. The van der Waals surface area contributed by atoms with Crippen LogP contribution in [0.15, 0.2) is 89.8 Å². The van der Waals surface area contributed by atoms with E-state index in [0.717, 1.165) is 27.5 Å². The van der Waals surface area contributed by atoms with E-state index in [2.05, 4.69) is 24.4 Å². The number of anilines is 1. The molecule has 0 radical (unpaired) electrons. The number of rotatable bonds is 7. The number of carbonyl (C=O) groups is 1. The zero-order valence-electron chi connectivity index (χ0n) is 18.6. The first-order valence-corrected chi connectivity index (χ1v) is 11.6. The lowest BCUT2D eigenvalue weighted by molar-refractivity contribution is -0.115. The lowest BCUT2D eigenvalue weighted by atomic mass is 10.1. The fourth-order valence-electron chi connectivity index (χ4n) is 3.71. The molecule has 0 aliphatic heterocycles. The van der Waals surface area contributed by atoms with Crippen LogP contribution in [0.2, 0.25) is 0 Å². The van der Waals surface area contributed by atoms with Crippen LogP contribution in [0.3, 0.4) is 0 Å². The lowest BCUT2D eigenvalue weighted by Gasteiger charge is -2.17. The number of aryl methyl sites for hydroxylation is 2. The largest absolute Gasteiger partial charge is 0.322 e. The highest BCUT2D eigenvalue weighted by Gasteiger charge is 2.24. The summed E-state index contributed by atoms with van der Waals surface area (Å²) in [5.41, 5.74) is 5.99. The molecule has 0 saturated heterocycles. The molecule has 4 nitrogen and oxygen atoms in total. The van der Waals surface area contributed by atoms with Crippen LogP contribution in [0.25, 0.3) is 0 Å². The molecule has 1 amide bonds.